The van der Waals surface area contributed by atoms with Gasteiger partial charge in [0.1, 0.15) is 12.6 Å². The van der Waals surface area contributed by atoms with Crippen LogP contribution in [0.4, 0.5) is 0 Å². The number of hydrogen-bond acceptors (Lipinski definition) is 2. The predicted octanol–water partition coefficient (Wildman–Crippen LogP) is 2.22. The molecular formula is C10H18O2. The Morgan fingerprint density at radius 1 is 1.08 bits per heavy atom. The number of carbonyl (C=O) groups is 2. The molecule has 0 aromatic rings. The van der Waals surface area contributed by atoms with Crippen molar-refractivity contribution >= 4 is 12.6 Å². The minimum Gasteiger partial charge on any atom is -0.303 e. The molecule has 0 heterocycles. The van der Waals surface area contributed by atoms with Crippen LogP contribution in [0.5, 0.6) is 0 Å². The first kappa shape index (κ1) is 11.3. The van der Waals surface area contributed by atoms with Gasteiger partial charge in [0.25, 0.3) is 0 Å². The maximum absolute atomic E-state index is 10.6. The van der Waals surface area contributed by atoms with E-state index in [2.05, 4.69) is 0 Å². The fraction of sp³-hybridized carbons (Fsp3) is 0.800. The zero-order valence-corrected chi connectivity index (χ0v) is 8.39. The molecule has 2 heteroatoms. The van der Waals surface area contributed by atoms with Gasteiger partial charge in [0.05, 0.1) is 0 Å². The Morgan fingerprint density at radius 2 is 1.58 bits per heavy atom. The van der Waals surface area contributed by atoms with Gasteiger partial charge in [-0.15, -0.1) is 0 Å². The first-order valence-electron chi connectivity index (χ1n) is 4.23. The number of carbonyl (C=O) groups excluding carboxylic acids is 2. The highest BCUT2D eigenvalue weighted by atomic mass is 16.1. The maximum Gasteiger partial charge on any atom is 0.125 e. The highest BCUT2D eigenvalue weighted by molar-refractivity contribution is 5.58. The third-order valence-electron chi connectivity index (χ3n) is 1.89. The normalized spacial score (nSPS) is 12.7. The summed E-state index contributed by atoms with van der Waals surface area (Å²) in [5, 5.41) is 0. The van der Waals surface area contributed by atoms with E-state index in [-0.39, 0.29) is 10.8 Å². The number of rotatable bonds is 5. The average molecular weight is 170 g/mol. The zero-order chi connectivity index (χ0) is 9.83. The van der Waals surface area contributed by atoms with Crippen molar-refractivity contribution in [2.24, 2.45) is 10.8 Å². The molecule has 70 valence electrons. The van der Waals surface area contributed by atoms with Crippen molar-refractivity contribution in [3.63, 3.8) is 0 Å². The van der Waals surface area contributed by atoms with Crippen LogP contribution in [0.3, 0.4) is 0 Å². The molecule has 0 fully saturated rings. The Labute approximate surface area is 74.3 Å². The van der Waals surface area contributed by atoms with E-state index in [1.807, 2.05) is 27.7 Å². The van der Waals surface area contributed by atoms with Gasteiger partial charge in [-0.2, -0.15) is 0 Å². The molecule has 0 aliphatic carbocycles. The third kappa shape index (κ3) is 4.27. The molecule has 0 radical (unpaired) electrons. The molecule has 0 aromatic heterocycles. The molecule has 0 saturated heterocycles. The van der Waals surface area contributed by atoms with E-state index in [0.717, 1.165) is 19.0 Å². The van der Waals surface area contributed by atoms with Crippen LogP contribution in [-0.4, -0.2) is 12.6 Å². The van der Waals surface area contributed by atoms with Crippen LogP contribution in [0.15, 0.2) is 0 Å². The van der Waals surface area contributed by atoms with Crippen LogP contribution >= 0.6 is 0 Å². The van der Waals surface area contributed by atoms with Crippen molar-refractivity contribution in [3.05, 3.63) is 0 Å². The summed E-state index contributed by atoms with van der Waals surface area (Å²) < 4.78 is 0. The van der Waals surface area contributed by atoms with E-state index in [4.69, 9.17) is 0 Å². The zero-order valence-electron chi connectivity index (χ0n) is 8.39. The molecule has 0 aliphatic rings. The molecule has 0 saturated carbocycles. The molecule has 0 aromatic carbocycles. The van der Waals surface area contributed by atoms with E-state index >= 15 is 0 Å². The van der Waals surface area contributed by atoms with Crippen molar-refractivity contribution in [2.75, 3.05) is 0 Å². The molecule has 0 rings (SSSR count). The Hall–Kier alpha value is -0.660. The Morgan fingerprint density at radius 3 is 1.92 bits per heavy atom. The van der Waals surface area contributed by atoms with Crippen LogP contribution in [-0.2, 0) is 9.59 Å². The predicted molar refractivity (Wildman–Crippen MR) is 48.9 cm³/mol. The summed E-state index contributed by atoms with van der Waals surface area (Å²) in [4.78, 5) is 20.9. The largest absolute Gasteiger partial charge is 0.303 e. The highest BCUT2D eigenvalue weighted by Crippen LogP contribution is 2.33. The lowest BCUT2D eigenvalue weighted by Gasteiger charge is -2.29. The summed E-state index contributed by atoms with van der Waals surface area (Å²) in [5.74, 6) is 0. The van der Waals surface area contributed by atoms with Gasteiger partial charge in [0.2, 0.25) is 0 Å². The van der Waals surface area contributed by atoms with E-state index < -0.39 is 0 Å². The summed E-state index contributed by atoms with van der Waals surface area (Å²) in [6.07, 6.45) is 3.15. The van der Waals surface area contributed by atoms with Crippen molar-refractivity contribution in [1.29, 1.82) is 0 Å². The second-order valence-corrected chi connectivity index (χ2v) is 4.82. The van der Waals surface area contributed by atoms with E-state index in [0.29, 0.717) is 6.42 Å². The van der Waals surface area contributed by atoms with Gasteiger partial charge in [0.15, 0.2) is 0 Å². The molecule has 0 unspecified atom stereocenters. The van der Waals surface area contributed by atoms with Gasteiger partial charge in [-0.05, 0) is 11.8 Å². The molecule has 2 nitrogen and oxygen atoms in total. The Balaban J connectivity index is 4.21. The van der Waals surface area contributed by atoms with Crippen LogP contribution in [0.1, 0.15) is 40.5 Å². The van der Waals surface area contributed by atoms with E-state index in [1.54, 1.807) is 0 Å². The molecule has 0 N–H and O–H groups in total. The van der Waals surface area contributed by atoms with Gasteiger partial charge in [0, 0.05) is 11.8 Å². The van der Waals surface area contributed by atoms with Crippen molar-refractivity contribution < 1.29 is 9.59 Å². The lowest BCUT2D eigenvalue weighted by Crippen LogP contribution is -2.24. The molecule has 0 bridgehead atoms. The average Bonchev–Trinajstić information content (AvgIpc) is 1.85. The number of aldehydes is 2. The summed E-state index contributed by atoms with van der Waals surface area (Å²) in [6.45, 7) is 7.80. The summed E-state index contributed by atoms with van der Waals surface area (Å²) in [5.41, 5.74) is -0.376. The quantitative estimate of drug-likeness (QED) is 0.593. The minimum atomic E-state index is -0.313. The fourth-order valence-corrected chi connectivity index (χ4v) is 1.57. The van der Waals surface area contributed by atoms with Crippen molar-refractivity contribution in [3.8, 4) is 0 Å². The fourth-order valence-electron chi connectivity index (χ4n) is 1.57. The Kier molecular flexibility index (Phi) is 3.62. The van der Waals surface area contributed by atoms with Gasteiger partial charge in [-0.25, -0.2) is 0 Å². The maximum atomic E-state index is 10.6. The van der Waals surface area contributed by atoms with E-state index in [1.165, 1.54) is 0 Å². The molecule has 0 atom stereocenters. The summed E-state index contributed by atoms with van der Waals surface area (Å²) in [6, 6.07) is 0. The third-order valence-corrected chi connectivity index (χ3v) is 1.89. The molecule has 0 amide bonds. The SMILES string of the molecule is CC(C)(C=O)CC(C)(C)CC=O. The van der Waals surface area contributed by atoms with Crippen LogP contribution in [0, 0.1) is 10.8 Å². The summed E-state index contributed by atoms with van der Waals surface area (Å²) >= 11 is 0. The van der Waals surface area contributed by atoms with Gasteiger partial charge in [-0.3, -0.25) is 0 Å². The Bertz CT molecular complexity index is 169. The monoisotopic (exact) mass is 170 g/mol. The topological polar surface area (TPSA) is 34.1 Å². The second-order valence-electron chi connectivity index (χ2n) is 4.82. The van der Waals surface area contributed by atoms with Crippen molar-refractivity contribution in [2.45, 2.75) is 40.5 Å². The van der Waals surface area contributed by atoms with E-state index in [9.17, 15) is 9.59 Å². The van der Waals surface area contributed by atoms with Gasteiger partial charge < -0.3 is 9.59 Å². The number of hydrogen-bond donors (Lipinski definition) is 0. The molecular weight excluding hydrogens is 152 g/mol. The highest BCUT2D eigenvalue weighted by Gasteiger charge is 2.27. The second kappa shape index (κ2) is 3.83. The van der Waals surface area contributed by atoms with Crippen LogP contribution < -0.4 is 0 Å². The van der Waals surface area contributed by atoms with Gasteiger partial charge >= 0.3 is 0 Å². The lowest BCUT2D eigenvalue weighted by atomic mass is 9.74. The first-order valence-corrected chi connectivity index (χ1v) is 4.23. The van der Waals surface area contributed by atoms with Crippen molar-refractivity contribution in [1.82, 2.24) is 0 Å². The van der Waals surface area contributed by atoms with Crippen LogP contribution in [0.25, 0.3) is 0 Å². The first-order chi connectivity index (χ1) is 5.33. The standard InChI is InChI=1S/C10H18O2/c1-9(2,5-6-11)7-10(3,4)8-12/h6,8H,5,7H2,1-4H3. The molecule has 0 spiro atoms. The van der Waals surface area contributed by atoms with Gasteiger partial charge in [-0.1, -0.05) is 27.7 Å². The summed E-state index contributed by atoms with van der Waals surface area (Å²) in [7, 11) is 0. The lowest BCUT2D eigenvalue weighted by molar-refractivity contribution is -0.117. The smallest absolute Gasteiger partial charge is 0.125 e. The van der Waals surface area contributed by atoms with Crippen LogP contribution in [0.2, 0.25) is 0 Å². The molecule has 0 aliphatic heterocycles. The molecule has 12 heavy (non-hydrogen) atoms. The minimum absolute atomic E-state index is 0.0633.